The van der Waals surface area contributed by atoms with Crippen molar-refractivity contribution in [3.8, 4) is 5.75 Å². The van der Waals surface area contributed by atoms with Gasteiger partial charge in [0.2, 0.25) is 0 Å². The summed E-state index contributed by atoms with van der Waals surface area (Å²) in [7, 11) is 1.65. The van der Waals surface area contributed by atoms with Crippen LogP contribution in [-0.2, 0) is 9.53 Å². The second-order valence-electron chi connectivity index (χ2n) is 6.01. The van der Waals surface area contributed by atoms with Gasteiger partial charge in [-0.2, -0.15) is 0 Å². The first-order valence-electron chi connectivity index (χ1n) is 8.11. The molecule has 3 nitrogen and oxygen atoms in total. The number of rotatable bonds is 3. The van der Waals surface area contributed by atoms with Gasteiger partial charge in [0.05, 0.1) is 7.11 Å². The molecule has 0 saturated carbocycles. The second kappa shape index (κ2) is 6.00. The number of carbonyl (C=O) groups excluding carboxylic acids is 1. The molecule has 0 bridgehead atoms. The van der Waals surface area contributed by atoms with E-state index in [-0.39, 0.29) is 11.7 Å². The van der Waals surface area contributed by atoms with E-state index in [1.807, 2.05) is 54.6 Å². The fourth-order valence-electron chi connectivity index (χ4n) is 3.34. The van der Waals surface area contributed by atoms with E-state index in [1.54, 1.807) is 7.11 Å². The molecule has 2 aromatic rings. The lowest BCUT2D eigenvalue weighted by Crippen LogP contribution is -2.13. The molecule has 1 aliphatic carbocycles. The molecule has 4 rings (SSSR count). The lowest BCUT2D eigenvalue weighted by molar-refractivity contribution is -0.115. The molecule has 0 spiro atoms. The molecule has 0 aromatic heterocycles. The zero-order chi connectivity index (χ0) is 16.5. The average molecular weight is 318 g/mol. The molecular formula is C21H18O3. The number of hydrogen-bond acceptors (Lipinski definition) is 3. The number of carbonyl (C=O) groups is 1. The fourth-order valence-corrected chi connectivity index (χ4v) is 3.34. The number of ketones is 1. The first-order valence-corrected chi connectivity index (χ1v) is 8.11. The van der Waals surface area contributed by atoms with E-state index in [0.717, 1.165) is 34.0 Å². The van der Waals surface area contributed by atoms with Gasteiger partial charge in [-0.25, -0.2) is 0 Å². The van der Waals surface area contributed by atoms with Crippen molar-refractivity contribution in [2.75, 3.05) is 7.11 Å². The van der Waals surface area contributed by atoms with Gasteiger partial charge in [0, 0.05) is 29.9 Å². The lowest BCUT2D eigenvalue weighted by Gasteiger charge is -2.24. The van der Waals surface area contributed by atoms with E-state index < -0.39 is 0 Å². The minimum Gasteiger partial charge on any atom is -0.497 e. The number of methoxy groups -OCH3 is 1. The normalized spacial score (nSPS) is 19.6. The summed E-state index contributed by atoms with van der Waals surface area (Å²) in [6.45, 7) is 0. The standard InChI is InChI=1S/C21H18O3/c1-23-16-9-7-14(8-10-16)17-13-20(15-5-3-2-4-6-15)24-19-12-11-18(22)21(17)19/h2-10,13,17H,11-12H2,1H3. The third-order valence-corrected chi connectivity index (χ3v) is 4.58. The Kier molecular flexibility index (Phi) is 3.69. The number of Topliss-reactive ketones (excluding diaryl/α,β-unsaturated/α-hetero) is 1. The SMILES string of the molecule is COc1ccc(C2C=C(c3ccccc3)OC3=C2C(=O)CC3)cc1. The van der Waals surface area contributed by atoms with Gasteiger partial charge in [-0.1, -0.05) is 42.5 Å². The summed E-state index contributed by atoms with van der Waals surface area (Å²) in [6.07, 6.45) is 3.28. The van der Waals surface area contributed by atoms with Gasteiger partial charge in [-0.15, -0.1) is 0 Å². The molecule has 1 atom stereocenters. The second-order valence-corrected chi connectivity index (χ2v) is 6.01. The van der Waals surface area contributed by atoms with Gasteiger partial charge < -0.3 is 9.47 Å². The summed E-state index contributed by atoms with van der Waals surface area (Å²) < 4.78 is 11.3. The molecule has 1 heterocycles. The molecule has 2 aromatic carbocycles. The summed E-state index contributed by atoms with van der Waals surface area (Å²) in [4.78, 5) is 12.4. The van der Waals surface area contributed by atoms with E-state index in [4.69, 9.17) is 9.47 Å². The predicted molar refractivity (Wildman–Crippen MR) is 92.5 cm³/mol. The molecule has 2 aliphatic rings. The molecule has 1 unspecified atom stereocenters. The summed E-state index contributed by atoms with van der Waals surface area (Å²) in [5.74, 6) is 2.58. The van der Waals surface area contributed by atoms with E-state index >= 15 is 0 Å². The smallest absolute Gasteiger partial charge is 0.163 e. The summed E-state index contributed by atoms with van der Waals surface area (Å²) in [6, 6.07) is 17.9. The Morgan fingerprint density at radius 2 is 1.75 bits per heavy atom. The maximum atomic E-state index is 12.4. The highest BCUT2D eigenvalue weighted by molar-refractivity contribution is 6.01. The Morgan fingerprint density at radius 1 is 1.00 bits per heavy atom. The Bertz CT molecular complexity index is 829. The van der Waals surface area contributed by atoms with Crippen LogP contribution < -0.4 is 4.74 Å². The summed E-state index contributed by atoms with van der Waals surface area (Å²) in [5.41, 5.74) is 2.91. The van der Waals surface area contributed by atoms with Gasteiger partial charge in [-0.3, -0.25) is 4.79 Å². The van der Waals surface area contributed by atoms with Gasteiger partial charge in [0.1, 0.15) is 17.3 Å². The highest BCUT2D eigenvalue weighted by atomic mass is 16.5. The Labute approximate surface area is 141 Å². The van der Waals surface area contributed by atoms with Crippen LogP contribution in [0.4, 0.5) is 0 Å². The van der Waals surface area contributed by atoms with Crippen molar-refractivity contribution in [3.05, 3.63) is 83.1 Å². The topological polar surface area (TPSA) is 35.5 Å². The largest absolute Gasteiger partial charge is 0.497 e. The van der Waals surface area contributed by atoms with Crippen molar-refractivity contribution in [3.63, 3.8) is 0 Å². The molecule has 0 amide bonds. The van der Waals surface area contributed by atoms with Crippen molar-refractivity contribution in [2.24, 2.45) is 0 Å². The van der Waals surface area contributed by atoms with Crippen LogP contribution in [0.25, 0.3) is 5.76 Å². The first-order chi connectivity index (χ1) is 11.8. The zero-order valence-corrected chi connectivity index (χ0v) is 13.5. The molecule has 1 aliphatic heterocycles. The zero-order valence-electron chi connectivity index (χ0n) is 13.5. The molecule has 120 valence electrons. The van der Waals surface area contributed by atoms with Crippen LogP contribution in [0.2, 0.25) is 0 Å². The number of benzene rings is 2. The first kappa shape index (κ1) is 14.8. The molecular weight excluding hydrogens is 300 g/mol. The number of allylic oxidation sites excluding steroid dienone is 3. The van der Waals surface area contributed by atoms with Crippen molar-refractivity contribution >= 4 is 11.5 Å². The molecule has 0 fully saturated rings. The van der Waals surface area contributed by atoms with Crippen LogP contribution >= 0.6 is 0 Å². The molecule has 0 radical (unpaired) electrons. The third-order valence-electron chi connectivity index (χ3n) is 4.58. The van der Waals surface area contributed by atoms with Gasteiger partial charge in [0.15, 0.2) is 5.78 Å². The van der Waals surface area contributed by atoms with Crippen LogP contribution in [0.5, 0.6) is 5.75 Å². The van der Waals surface area contributed by atoms with Gasteiger partial charge >= 0.3 is 0 Å². The van der Waals surface area contributed by atoms with E-state index in [2.05, 4.69) is 6.08 Å². The molecule has 24 heavy (non-hydrogen) atoms. The van der Waals surface area contributed by atoms with E-state index in [1.165, 1.54) is 0 Å². The highest BCUT2D eigenvalue weighted by Crippen LogP contribution is 2.43. The maximum Gasteiger partial charge on any atom is 0.163 e. The lowest BCUT2D eigenvalue weighted by atomic mass is 9.87. The Balaban J connectivity index is 1.78. The van der Waals surface area contributed by atoms with E-state index in [9.17, 15) is 4.79 Å². The van der Waals surface area contributed by atoms with Gasteiger partial charge in [-0.05, 0) is 23.8 Å². The summed E-state index contributed by atoms with van der Waals surface area (Å²) >= 11 is 0. The van der Waals surface area contributed by atoms with Crippen LogP contribution in [0.15, 0.2) is 72.0 Å². The van der Waals surface area contributed by atoms with Crippen LogP contribution in [0.3, 0.4) is 0 Å². The number of hydrogen-bond donors (Lipinski definition) is 0. The quantitative estimate of drug-likeness (QED) is 0.838. The van der Waals surface area contributed by atoms with Crippen molar-refractivity contribution in [2.45, 2.75) is 18.8 Å². The molecule has 3 heteroatoms. The molecule has 0 saturated heterocycles. The minimum atomic E-state index is -0.0649. The van der Waals surface area contributed by atoms with Crippen LogP contribution in [0.1, 0.15) is 29.9 Å². The van der Waals surface area contributed by atoms with Crippen LogP contribution in [-0.4, -0.2) is 12.9 Å². The minimum absolute atomic E-state index is 0.0649. The molecule has 0 N–H and O–H groups in total. The average Bonchev–Trinajstić information content (AvgIpc) is 3.03. The maximum absolute atomic E-state index is 12.4. The Hall–Kier alpha value is -2.81. The monoisotopic (exact) mass is 318 g/mol. The fraction of sp³-hybridized carbons (Fsp3) is 0.190. The van der Waals surface area contributed by atoms with E-state index in [0.29, 0.717) is 12.8 Å². The van der Waals surface area contributed by atoms with Crippen LogP contribution in [0, 0.1) is 0 Å². The van der Waals surface area contributed by atoms with Crippen molar-refractivity contribution in [1.29, 1.82) is 0 Å². The Morgan fingerprint density at radius 3 is 2.46 bits per heavy atom. The van der Waals surface area contributed by atoms with Gasteiger partial charge in [0.25, 0.3) is 0 Å². The number of ether oxygens (including phenoxy) is 2. The summed E-state index contributed by atoms with van der Waals surface area (Å²) in [5, 5.41) is 0. The van der Waals surface area contributed by atoms with Crippen molar-refractivity contribution in [1.82, 2.24) is 0 Å². The third kappa shape index (κ3) is 2.52. The predicted octanol–water partition coefficient (Wildman–Crippen LogP) is 4.47. The highest BCUT2D eigenvalue weighted by Gasteiger charge is 2.35. The van der Waals surface area contributed by atoms with Crippen molar-refractivity contribution < 1.29 is 14.3 Å².